The van der Waals surface area contributed by atoms with E-state index >= 15 is 0 Å². The highest BCUT2D eigenvalue weighted by molar-refractivity contribution is 7.14. The first-order chi connectivity index (χ1) is 15.5. The first kappa shape index (κ1) is 22.1. The van der Waals surface area contributed by atoms with Crippen molar-refractivity contribution in [2.24, 2.45) is 0 Å². The molecule has 0 N–H and O–H groups in total. The van der Waals surface area contributed by atoms with Crippen LogP contribution < -0.4 is 9.47 Å². The van der Waals surface area contributed by atoms with Gasteiger partial charge in [-0.15, -0.1) is 11.3 Å². The average Bonchev–Trinajstić information content (AvgIpc) is 3.29. The number of rotatable bonds is 7. The second-order valence-corrected chi connectivity index (χ2v) is 8.31. The SMILES string of the molecule is C[C@@H]1CC[C@@H](Oc2cc(OCC(F)F)ccn2)CN1C(=O)c1ccsc1-c1ncccn1. The molecule has 0 bridgehead atoms. The molecular formula is C22H22F2N4O3S. The molecule has 1 fully saturated rings. The van der Waals surface area contributed by atoms with Gasteiger partial charge >= 0.3 is 0 Å². The Bertz CT molecular complexity index is 1050. The van der Waals surface area contributed by atoms with Crippen LogP contribution in [0.1, 0.15) is 30.1 Å². The number of carbonyl (C=O) groups excluding carboxylic acids is 1. The van der Waals surface area contributed by atoms with Gasteiger partial charge in [-0.1, -0.05) is 0 Å². The highest BCUT2D eigenvalue weighted by Crippen LogP contribution is 2.30. The molecular weight excluding hydrogens is 438 g/mol. The quantitative estimate of drug-likeness (QED) is 0.523. The van der Waals surface area contributed by atoms with E-state index in [9.17, 15) is 13.6 Å². The summed E-state index contributed by atoms with van der Waals surface area (Å²) in [6.07, 6.45) is 3.42. The van der Waals surface area contributed by atoms with Crippen LogP contribution in [0.2, 0.25) is 0 Å². The minimum atomic E-state index is -2.56. The van der Waals surface area contributed by atoms with E-state index in [1.165, 1.54) is 29.7 Å². The lowest BCUT2D eigenvalue weighted by Gasteiger charge is -2.37. The number of hydrogen-bond donors (Lipinski definition) is 0. The molecule has 4 heterocycles. The van der Waals surface area contributed by atoms with Crippen molar-refractivity contribution >= 4 is 17.2 Å². The van der Waals surface area contributed by atoms with Gasteiger partial charge in [0.1, 0.15) is 18.5 Å². The lowest BCUT2D eigenvalue weighted by atomic mass is 10.00. The van der Waals surface area contributed by atoms with Gasteiger partial charge in [0.05, 0.1) is 17.0 Å². The maximum absolute atomic E-state index is 13.4. The minimum absolute atomic E-state index is 0.0421. The number of amides is 1. The molecule has 1 saturated heterocycles. The van der Waals surface area contributed by atoms with Gasteiger partial charge in [0, 0.05) is 30.7 Å². The second kappa shape index (κ2) is 9.99. The van der Waals surface area contributed by atoms with Gasteiger partial charge in [0.2, 0.25) is 5.88 Å². The zero-order valence-corrected chi connectivity index (χ0v) is 18.2. The van der Waals surface area contributed by atoms with Gasteiger partial charge in [-0.25, -0.2) is 23.7 Å². The molecule has 4 rings (SSSR count). The van der Waals surface area contributed by atoms with Crippen LogP contribution >= 0.6 is 11.3 Å². The van der Waals surface area contributed by atoms with Gasteiger partial charge in [-0.05, 0) is 43.3 Å². The summed E-state index contributed by atoms with van der Waals surface area (Å²) in [5.74, 6) is 0.959. The fourth-order valence-electron chi connectivity index (χ4n) is 3.55. The summed E-state index contributed by atoms with van der Waals surface area (Å²) < 4.78 is 35.8. The standard InChI is InChI=1S/C22H22F2N4O3S/c1-14-3-4-16(31-19-11-15(5-9-25-19)30-13-18(23)24)12-28(14)22(29)17-6-10-32-20(17)21-26-7-2-8-27-21/h2,5-11,14,16,18H,3-4,12-13H2,1H3/t14-,16-/m1/s1. The van der Waals surface area contributed by atoms with Crippen LogP contribution in [0.3, 0.4) is 0 Å². The van der Waals surface area contributed by atoms with Gasteiger partial charge in [-0.3, -0.25) is 4.79 Å². The van der Waals surface area contributed by atoms with E-state index in [4.69, 9.17) is 9.47 Å². The first-order valence-electron chi connectivity index (χ1n) is 10.2. The Morgan fingerprint density at radius 2 is 2.03 bits per heavy atom. The molecule has 168 valence electrons. The Kier molecular flexibility index (Phi) is 6.89. The summed E-state index contributed by atoms with van der Waals surface area (Å²) in [5.41, 5.74) is 0.564. The maximum atomic E-state index is 13.4. The Morgan fingerprint density at radius 1 is 1.22 bits per heavy atom. The number of thiophene rings is 1. The van der Waals surface area contributed by atoms with E-state index < -0.39 is 13.0 Å². The molecule has 1 aliphatic heterocycles. The van der Waals surface area contributed by atoms with Crippen LogP contribution in [0.25, 0.3) is 10.7 Å². The van der Waals surface area contributed by atoms with Crippen molar-refractivity contribution in [1.82, 2.24) is 19.9 Å². The average molecular weight is 461 g/mol. The number of aromatic nitrogens is 3. The number of nitrogens with zero attached hydrogens (tertiary/aromatic N) is 4. The topological polar surface area (TPSA) is 77.4 Å². The summed E-state index contributed by atoms with van der Waals surface area (Å²) >= 11 is 1.43. The maximum Gasteiger partial charge on any atom is 0.272 e. The summed E-state index contributed by atoms with van der Waals surface area (Å²) in [6.45, 7) is 1.70. The van der Waals surface area contributed by atoms with Crippen molar-refractivity contribution in [3.63, 3.8) is 0 Å². The van der Waals surface area contributed by atoms with Crippen molar-refractivity contribution < 1.29 is 23.0 Å². The predicted molar refractivity (Wildman–Crippen MR) is 115 cm³/mol. The molecule has 0 saturated carbocycles. The third-order valence-electron chi connectivity index (χ3n) is 5.13. The first-order valence-corrected chi connectivity index (χ1v) is 11.1. The van der Waals surface area contributed by atoms with Crippen molar-refractivity contribution in [3.05, 3.63) is 53.8 Å². The number of likely N-dealkylation sites (tertiary alicyclic amines) is 1. The summed E-state index contributed by atoms with van der Waals surface area (Å²) in [6, 6.07) is 6.55. The molecule has 3 aromatic heterocycles. The largest absolute Gasteiger partial charge is 0.487 e. The molecule has 0 radical (unpaired) electrons. The molecule has 0 aromatic carbocycles. The molecule has 7 nitrogen and oxygen atoms in total. The molecule has 1 amide bonds. The molecule has 0 aliphatic carbocycles. The van der Waals surface area contributed by atoms with E-state index in [2.05, 4.69) is 15.0 Å². The molecule has 0 unspecified atom stereocenters. The van der Waals surface area contributed by atoms with Gasteiger partial charge in [0.15, 0.2) is 5.82 Å². The molecule has 1 aliphatic rings. The number of alkyl halides is 2. The van der Waals surface area contributed by atoms with Gasteiger partial charge < -0.3 is 14.4 Å². The van der Waals surface area contributed by atoms with Crippen molar-refractivity contribution in [1.29, 1.82) is 0 Å². The number of halogens is 2. The Morgan fingerprint density at radius 3 is 2.81 bits per heavy atom. The van der Waals surface area contributed by atoms with Crippen LogP contribution in [-0.4, -0.2) is 57.5 Å². The van der Waals surface area contributed by atoms with Crippen LogP contribution in [0, 0.1) is 0 Å². The van der Waals surface area contributed by atoms with Crippen LogP contribution in [-0.2, 0) is 0 Å². The highest BCUT2D eigenvalue weighted by Gasteiger charge is 2.32. The Balaban J connectivity index is 1.46. The summed E-state index contributed by atoms with van der Waals surface area (Å²) in [5, 5.41) is 1.86. The number of hydrogen-bond acceptors (Lipinski definition) is 7. The Hall–Kier alpha value is -3.14. The monoisotopic (exact) mass is 460 g/mol. The fraction of sp³-hybridized carbons (Fsp3) is 0.364. The smallest absolute Gasteiger partial charge is 0.272 e. The van der Waals surface area contributed by atoms with E-state index in [1.807, 2.05) is 12.3 Å². The zero-order valence-electron chi connectivity index (χ0n) is 17.4. The normalized spacial score (nSPS) is 18.6. The number of carbonyl (C=O) groups is 1. The van der Waals surface area contributed by atoms with Gasteiger partial charge in [-0.2, -0.15) is 0 Å². The van der Waals surface area contributed by atoms with Crippen molar-refractivity contribution in [3.8, 4) is 22.3 Å². The summed E-state index contributed by atoms with van der Waals surface area (Å²) in [7, 11) is 0. The van der Waals surface area contributed by atoms with Crippen molar-refractivity contribution in [2.75, 3.05) is 13.2 Å². The highest BCUT2D eigenvalue weighted by atomic mass is 32.1. The third kappa shape index (κ3) is 5.18. The Labute approximate surface area is 188 Å². The zero-order chi connectivity index (χ0) is 22.5. The van der Waals surface area contributed by atoms with Crippen LogP contribution in [0.4, 0.5) is 8.78 Å². The van der Waals surface area contributed by atoms with E-state index in [1.54, 1.807) is 29.4 Å². The van der Waals surface area contributed by atoms with E-state index in [-0.39, 0.29) is 29.7 Å². The number of ether oxygens (including phenoxy) is 2. The lowest BCUT2D eigenvalue weighted by Crippen LogP contribution is -2.49. The third-order valence-corrected chi connectivity index (χ3v) is 6.04. The fourth-order valence-corrected chi connectivity index (χ4v) is 4.38. The van der Waals surface area contributed by atoms with Crippen LogP contribution in [0.5, 0.6) is 11.6 Å². The van der Waals surface area contributed by atoms with E-state index in [0.717, 1.165) is 17.7 Å². The molecule has 2 atom stereocenters. The second-order valence-electron chi connectivity index (χ2n) is 7.39. The van der Waals surface area contributed by atoms with Gasteiger partial charge in [0.25, 0.3) is 12.3 Å². The van der Waals surface area contributed by atoms with Crippen molar-refractivity contribution in [2.45, 2.75) is 38.3 Å². The predicted octanol–water partition coefficient (Wildman–Crippen LogP) is 4.32. The summed E-state index contributed by atoms with van der Waals surface area (Å²) in [4.78, 5) is 28.6. The lowest BCUT2D eigenvalue weighted by molar-refractivity contribution is 0.0372. The number of pyridine rings is 1. The molecule has 0 spiro atoms. The molecule has 3 aromatic rings. The molecule has 32 heavy (non-hydrogen) atoms. The molecule has 10 heteroatoms. The number of piperidine rings is 1. The van der Waals surface area contributed by atoms with Crippen LogP contribution in [0.15, 0.2) is 48.2 Å². The minimum Gasteiger partial charge on any atom is -0.487 e. The van der Waals surface area contributed by atoms with E-state index in [0.29, 0.717) is 17.9 Å².